The molecule has 0 spiro atoms. The van der Waals surface area contributed by atoms with Gasteiger partial charge in [0.15, 0.2) is 23.0 Å². The zero-order chi connectivity index (χ0) is 102. The van der Waals surface area contributed by atoms with Gasteiger partial charge in [0.25, 0.3) is 35.4 Å². The standard InChI is InChI=1S/C30H29N5O5S2.C27H28N4O5S2.2C22H26N2O4S2/c1-30(2,3)17-13-22(27(40-4)23(14-17)35-42(5,38)39)34-29(37)26-15-18-19(11-8-12-25(18)41-26)33-28(36)24-16-31-20-9-6-7-10-21(20)32-24;1-27(2,3)17-12-20(24(36-4)21(13-17)31-38(5,34)35)30-26(33)23-14-18-19(9-6-10-22(18)37-23)29-25(32)16-8-7-11-28-15-16;1-13-8-7-9-18-15(13)12-19(29-18)21(25)23-16-10-14(22(2,3)4)11-17(20(16)28-5)24-30(6,26)27;1-13-8-7-9-14-10-18(29-20(13)14)21(25)23-16-11-15(22(2,3)4)12-17(19(16)28-5)24-30(6,26)27/h6-16,35H,1-5H3,(H,33,36)(H,34,37);6-15,31H,1-5H3,(H,29,32)(H,30,33);2*7-12,24H,1-6H3,(H,23,25). The number of carbonyl (C=O) groups is 6. The van der Waals surface area contributed by atoms with E-state index < -0.39 is 57.8 Å². The number of para-hydroxylation sites is 2. The zero-order valence-corrected chi connectivity index (χ0v) is 87.5. The Morgan fingerprint density at radius 1 is 0.314 bits per heavy atom. The van der Waals surface area contributed by atoms with Gasteiger partial charge in [-0.15, -0.1) is 45.3 Å². The number of rotatable bonds is 24. The van der Waals surface area contributed by atoms with Crippen molar-refractivity contribution in [2.75, 3.05) is 104 Å². The monoisotopic (exact) mass is 2050 g/mol. The number of hydrogen-bond donors (Lipinski definition) is 10. The van der Waals surface area contributed by atoms with Crippen molar-refractivity contribution in [2.45, 2.75) is 119 Å². The molecule has 0 aliphatic carbocycles. The van der Waals surface area contributed by atoms with Crippen molar-refractivity contribution < 1.29 is 81.4 Å². The smallest absolute Gasteiger partial charge is 0.275 e. The molecule has 0 fully saturated rings. The van der Waals surface area contributed by atoms with Crippen LogP contribution in [0.5, 0.6) is 23.0 Å². The van der Waals surface area contributed by atoms with Gasteiger partial charge in [-0.3, -0.25) is 57.6 Å². The third-order valence-electron chi connectivity index (χ3n) is 21.5. The van der Waals surface area contributed by atoms with Crippen molar-refractivity contribution in [3.8, 4) is 23.0 Å². The van der Waals surface area contributed by atoms with E-state index in [0.717, 1.165) is 93.4 Å². The lowest BCUT2D eigenvalue weighted by atomic mass is 9.86. The van der Waals surface area contributed by atoms with Gasteiger partial charge in [-0.25, -0.2) is 38.7 Å². The highest BCUT2D eigenvalue weighted by atomic mass is 32.2. The highest BCUT2D eigenvalue weighted by Gasteiger charge is 2.31. The second-order valence-electron chi connectivity index (χ2n) is 37.0. The maximum atomic E-state index is 13.5. The van der Waals surface area contributed by atoms with Gasteiger partial charge in [-0.05, 0) is 207 Å². The zero-order valence-electron chi connectivity index (χ0n) is 81.0. The minimum Gasteiger partial charge on any atom is -0.492 e. The number of aromatic nitrogens is 3. The van der Waals surface area contributed by atoms with Crippen LogP contribution in [0, 0.1) is 13.8 Å². The van der Waals surface area contributed by atoms with Gasteiger partial charge >= 0.3 is 0 Å². The van der Waals surface area contributed by atoms with Crippen LogP contribution in [0.15, 0.2) is 201 Å². The van der Waals surface area contributed by atoms with Crippen LogP contribution in [-0.4, -0.2) is 138 Å². The molecule has 6 aromatic heterocycles. The van der Waals surface area contributed by atoms with E-state index in [1.54, 1.807) is 97.2 Å². The number of fused-ring (bicyclic) bond motifs is 5. The molecule has 31 nitrogen and oxygen atoms in total. The number of ether oxygens (including phenoxy) is 4. The second-order valence-corrected chi connectivity index (χ2v) is 48.3. The number of hydrogen-bond acceptors (Lipinski definition) is 25. The molecule has 0 aliphatic rings. The fourth-order valence-corrected chi connectivity index (χ4v) is 20.7. The van der Waals surface area contributed by atoms with Crippen molar-refractivity contribution in [3.63, 3.8) is 0 Å². The number of methoxy groups -OCH3 is 4. The van der Waals surface area contributed by atoms with Gasteiger partial charge in [0.05, 0.1) is 141 Å². The Labute approximate surface area is 829 Å². The van der Waals surface area contributed by atoms with Crippen LogP contribution in [0.4, 0.5) is 56.9 Å². The van der Waals surface area contributed by atoms with E-state index in [2.05, 4.69) is 65.7 Å². The quantitative estimate of drug-likeness (QED) is 0.0269. The van der Waals surface area contributed by atoms with Crippen LogP contribution < -0.4 is 69.7 Å². The van der Waals surface area contributed by atoms with Crippen LogP contribution in [0.2, 0.25) is 0 Å². The maximum Gasteiger partial charge on any atom is 0.275 e. The molecule has 0 saturated heterocycles. The number of nitrogens with one attached hydrogen (secondary N) is 10. The lowest BCUT2D eigenvalue weighted by molar-refractivity contribution is 0.101. The molecule has 9 aromatic carbocycles. The lowest BCUT2D eigenvalue weighted by Crippen LogP contribution is -2.18. The molecule has 15 aromatic rings. The number of carbonyl (C=O) groups excluding carboxylic acids is 6. The van der Waals surface area contributed by atoms with Gasteiger partial charge in [0.1, 0.15) is 5.69 Å². The summed E-state index contributed by atoms with van der Waals surface area (Å²) < 4.78 is 131. The lowest BCUT2D eigenvalue weighted by Gasteiger charge is -2.23. The van der Waals surface area contributed by atoms with Gasteiger partial charge in [0, 0.05) is 53.3 Å². The Morgan fingerprint density at radius 3 is 0.979 bits per heavy atom. The van der Waals surface area contributed by atoms with Gasteiger partial charge in [-0.1, -0.05) is 138 Å². The van der Waals surface area contributed by atoms with E-state index in [1.165, 1.54) is 86.2 Å². The van der Waals surface area contributed by atoms with E-state index in [0.29, 0.717) is 75.6 Å². The average Bonchev–Trinajstić information content (AvgIpc) is 1.52. The molecular weight excluding hydrogens is 1940 g/mol. The molecule has 734 valence electrons. The summed E-state index contributed by atoms with van der Waals surface area (Å²) >= 11 is 5.36. The summed E-state index contributed by atoms with van der Waals surface area (Å²) in [5, 5.41) is 20.8. The molecule has 0 radical (unpaired) electrons. The normalized spacial score (nSPS) is 11.9. The summed E-state index contributed by atoms with van der Waals surface area (Å²) in [6.45, 7) is 28.0. The maximum absolute atomic E-state index is 13.5. The number of sulfonamides is 4. The average molecular weight is 2050 g/mol. The number of aryl methyl sites for hydroxylation is 2. The van der Waals surface area contributed by atoms with Crippen molar-refractivity contribution in [2.24, 2.45) is 0 Å². The third-order valence-corrected chi connectivity index (χ3v) is 28.4. The van der Waals surface area contributed by atoms with E-state index in [4.69, 9.17) is 18.9 Å². The number of pyridine rings is 1. The first kappa shape index (κ1) is 105. The third kappa shape index (κ3) is 26.7. The van der Waals surface area contributed by atoms with Crippen LogP contribution in [0.25, 0.3) is 51.4 Å². The van der Waals surface area contributed by atoms with Crippen molar-refractivity contribution in [1.82, 2.24) is 15.0 Å². The topological polar surface area (TPSA) is 435 Å². The molecule has 140 heavy (non-hydrogen) atoms. The van der Waals surface area contributed by atoms with E-state index in [9.17, 15) is 62.4 Å². The number of thiophene rings is 4. The highest BCUT2D eigenvalue weighted by Crippen LogP contribution is 2.46. The molecule has 0 saturated carbocycles. The predicted molar refractivity (Wildman–Crippen MR) is 569 cm³/mol. The molecule has 10 N–H and O–H groups in total. The Kier molecular flexibility index (Phi) is 31.7. The molecule has 0 atom stereocenters. The van der Waals surface area contributed by atoms with Gasteiger partial charge < -0.3 is 50.8 Å². The Morgan fingerprint density at radius 2 is 0.636 bits per heavy atom. The summed E-state index contributed by atoms with van der Waals surface area (Å²) in [6, 6.07) is 54.6. The van der Waals surface area contributed by atoms with Crippen molar-refractivity contribution >= 4 is 229 Å². The second kappa shape index (κ2) is 42.2. The SMILES string of the molecule is COc1c(NC(=O)c2cc3c(C)cccc3s2)cc(C(C)(C)C)cc1NS(C)(=O)=O.COc1c(NC(=O)c2cc3c(NC(=O)c4cccnc4)cccc3s2)cc(C(C)(C)C)cc1NS(C)(=O)=O.COc1c(NC(=O)c2cc3c(NC(=O)c4cnc5ccccc5n4)cccc3s2)cc(C(C)(C)C)cc1NS(C)(=O)=O.COc1c(NC(=O)c2cc3cccc(C)c3s2)cc(C(C)(C)C)cc1NS(C)(=O)=O. The first-order valence-electron chi connectivity index (χ1n) is 43.3. The fourth-order valence-electron chi connectivity index (χ4n) is 14.5. The van der Waals surface area contributed by atoms with Crippen molar-refractivity contribution in [3.05, 3.63) is 265 Å². The first-order chi connectivity index (χ1) is 65.4. The Balaban J connectivity index is 0.000000169. The molecule has 0 unspecified atom stereocenters. The molecule has 0 aliphatic heterocycles. The number of amides is 6. The van der Waals surface area contributed by atoms with Gasteiger partial charge in [-0.2, -0.15) is 0 Å². The molecular formula is C101H109N13O18S8. The van der Waals surface area contributed by atoms with Crippen LogP contribution in [0.3, 0.4) is 0 Å². The Hall–Kier alpha value is -13.7. The van der Waals surface area contributed by atoms with Gasteiger partial charge in [0.2, 0.25) is 40.1 Å². The highest BCUT2D eigenvalue weighted by molar-refractivity contribution is 7.92. The van der Waals surface area contributed by atoms with E-state index in [-0.39, 0.29) is 90.8 Å². The molecule has 39 heteroatoms. The molecule has 6 heterocycles. The largest absolute Gasteiger partial charge is 0.492 e. The first-order valence-corrected chi connectivity index (χ1v) is 54.1. The van der Waals surface area contributed by atoms with Crippen LogP contribution >= 0.6 is 45.3 Å². The molecule has 6 amide bonds. The number of anilines is 10. The number of nitrogens with zero attached hydrogens (tertiary/aromatic N) is 3. The van der Waals surface area contributed by atoms with E-state index >= 15 is 0 Å². The summed E-state index contributed by atoms with van der Waals surface area (Å²) in [5.74, 6) is -1.18. The summed E-state index contributed by atoms with van der Waals surface area (Å²) in [4.78, 5) is 93.3. The summed E-state index contributed by atoms with van der Waals surface area (Å²) in [5.41, 5.74) is 9.80. The summed E-state index contributed by atoms with van der Waals surface area (Å²) in [7, 11) is -8.58. The minimum absolute atomic E-state index is 0.170. The fraction of sp³-hybridized carbons (Fsp3) is 0.257. The van der Waals surface area contributed by atoms with E-state index in [1.807, 2.05) is 188 Å². The number of benzene rings is 9. The molecule has 15 rings (SSSR count). The van der Waals surface area contributed by atoms with Crippen LogP contribution in [0.1, 0.15) is 176 Å². The predicted octanol–water partition coefficient (Wildman–Crippen LogP) is 21.8. The summed E-state index contributed by atoms with van der Waals surface area (Å²) in [6.07, 6.45) is 8.75. The van der Waals surface area contributed by atoms with Crippen molar-refractivity contribution in [1.29, 1.82) is 0 Å². The Bertz CT molecular complexity index is 7650. The molecule has 0 bridgehead atoms. The van der Waals surface area contributed by atoms with Crippen LogP contribution in [-0.2, 0) is 61.8 Å². The minimum atomic E-state index is -3.62.